The van der Waals surface area contributed by atoms with E-state index in [-0.39, 0.29) is 0 Å². The van der Waals surface area contributed by atoms with Crippen molar-refractivity contribution in [2.24, 2.45) is 0 Å². The molecule has 0 aliphatic heterocycles. The molecule has 0 aliphatic rings. The first-order valence-corrected chi connectivity index (χ1v) is 7.31. The zero-order valence-electron chi connectivity index (χ0n) is 11.4. The maximum absolute atomic E-state index is 10.8. The summed E-state index contributed by atoms with van der Waals surface area (Å²) in [6.07, 6.45) is 2.49. The highest BCUT2D eigenvalue weighted by molar-refractivity contribution is 9.10. The van der Waals surface area contributed by atoms with E-state index >= 15 is 0 Å². The summed E-state index contributed by atoms with van der Waals surface area (Å²) in [6, 6.07) is 9.43. The zero-order chi connectivity index (χ0) is 15.0. The van der Waals surface area contributed by atoms with Crippen LogP contribution in [-0.4, -0.2) is 15.1 Å². The molecule has 3 N–H and O–H groups in total. The highest BCUT2D eigenvalue weighted by Gasteiger charge is 2.20. The van der Waals surface area contributed by atoms with Crippen molar-refractivity contribution in [2.45, 2.75) is 13.0 Å². The molecule has 21 heavy (non-hydrogen) atoms. The minimum Gasteiger partial charge on any atom is -0.383 e. The summed E-state index contributed by atoms with van der Waals surface area (Å²) in [4.78, 5) is 8.47. The number of hydrogen-bond acceptors (Lipinski definition) is 4. The standard InChI is InChI=1S/C16H14BrN3O/c1-9-6-8-20-16(18)13(9)15(21)11-4-5-12(17)10-3-2-7-19-14(10)11/h2-8,15,21H,1H3,(H2,18,20). The first-order valence-electron chi connectivity index (χ1n) is 6.51. The van der Waals surface area contributed by atoms with Gasteiger partial charge in [-0.15, -0.1) is 0 Å². The number of aliphatic hydroxyl groups excluding tert-OH is 1. The van der Waals surface area contributed by atoms with Crippen LogP contribution in [0.2, 0.25) is 0 Å². The second-order valence-electron chi connectivity index (χ2n) is 4.87. The monoisotopic (exact) mass is 343 g/mol. The van der Waals surface area contributed by atoms with Gasteiger partial charge in [0.1, 0.15) is 11.9 Å². The SMILES string of the molecule is Cc1ccnc(N)c1C(O)c1ccc(Br)c2cccnc12. The largest absolute Gasteiger partial charge is 0.383 e. The molecule has 3 aromatic rings. The molecule has 0 bridgehead atoms. The molecule has 5 heteroatoms. The number of aliphatic hydroxyl groups is 1. The fourth-order valence-corrected chi connectivity index (χ4v) is 2.93. The first kappa shape index (κ1) is 14.0. The van der Waals surface area contributed by atoms with Gasteiger partial charge in [0.15, 0.2) is 0 Å². The second-order valence-corrected chi connectivity index (χ2v) is 5.72. The molecule has 0 amide bonds. The van der Waals surface area contributed by atoms with Crippen LogP contribution in [0.3, 0.4) is 0 Å². The number of fused-ring (bicyclic) bond motifs is 1. The van der Waals surface area contributed by atoms with Crippen LogP contribution < -0.4 is 5.73 Å². The van der Waals surface area contributed by atoms with Gasteiger partial charge in [0.2, 0.25) is 0 Å². The number of aromatic nitrogens is 2. The molecule has 0 saturated heterocycles. The van der Waals surface area contributed by atoms with Crippen LogP contribution in [0.15, 0.2) is 47.2 Å². The van der Waals surface area contributed by atoms with Crippen LogP contribution in [0, 0.1) is 6.92 Å². The number of nitrogen functional groups attached to an aromatic ring is 1. The molecule has 2 aromatic heterocycles. The highest BCUT2D eigenvalue weighted by atomic mass is 79.9. The van der Waals surface area contributed by atoms with Crippen molar-refractivity contribution in [3.8, 4) is 0 Å². The number of anilines is 1. The van der Waals surface area contributed by atoms with Crippen LogP contribution in [0.1, 0.15) is 22.8 Å². The van der Waals surface area contributed by atoms with Crippen molar-refractivity contribution in [3.63, 3.8) is 0 Å². The van der Waals surface area contributed by atoms with Crippen molar-refractivity contribution >= 4 is 32.7 Å². The quantitative estimate of drug-likeness (QED) is 0.748. The van der Waals surface area contributed by atoms with Crippen LogP contribution in [-0.2, 0) is 0 Å². The molecule has 3 rings (SSSR count). The molecule has 106 valence electrons. The Kier molecular flexibility index (Phi) is 3.61. The fraction of sp³-hybridized carbons (Fsp3) is 0.125. The van der Waals surface area contributed by atoms with Gasteiger partial charge in [-0.2, -0.15) is 0 Å². The molecule has 1 unspecified atom stereocenters. The predicted octanol–water partition coefficient (Wildman–Crippen LogP) is 3.36. The van der Waals surface area contributed by atoms with Gasteiger partial charge in [0.05, 0.1) is 5.52 Å². The van der Waals surface area contributed by atoms with Gasteiger partial charge < -0.3 is 10.8 Å². The Bertz CT molecular complexity index is 799. The molecule has 0 radical (unpaired) electrons. The van der Waals surface area contributed by atoms with Gasteiger partial charge in [-0.1, -0.05) is 28.1 Å². The second kappa shape index (κ2) is 5.42. The summed E-state index contributed by atoms with van der Waals surface area (Å²) in [5.74, 6) is 0.342. The van der Waals surface area contributed by atoms with Crippen LogP contribution >= 0.6 is 15.9 Å². The summed E-state index contributed by atoms with van der Waals surface area (Å²) in [7, 11) is 0. The maximum atomic E-state index is 10.8. The normalized spacial score (nSPS) is 12.5. The summed E-state index contributed by atoms with van der Waals surface area (Å²) < 4.78 is 0.942. The minimum absolute atomic E-state index is 0.342. The number of aryl methyl sites for hydroxylation is 1. The molecule has 0 saturated carbocycles. The minimum atomic E-state index is -0.857. The van der Waals surface area contributed by atoms with E-state index in [1.54, 1.807) is 12.4 Å². The highest BCUT2D eigenvalue weighted by Crippen LogP contribution is 2.34. The van der Waals surface area contributed by atoms with Crippen molar-refractivity contribution < 1.29 is 5.11 Å². The fourth-order valence-electron chi connectivity index (χ4n) is 2.48. The number of hydrogen-bond donors (Lipinski definition) is 2. The molecule has 0 spiro atoms. The van der Waals surface area contributed by atoms with Crippen molar-refractivity contribution in [3.05, 3.63) is 63.9 Å². The van der Waals surface area contributed by atoms with E-state index in [4.69, 9.17) is 5.73 Å². The van der Waals surface area contributed by atoms with E-state index in [0.29, 0.717) is 11.4 Å². The molecule has 1 atom stereocenters. The lowest BCUT2D eigenvalue weighted by atomic mass is 9.96. The van der Waals surface area contributed by atoms with Crippen LogP contribution in [0.4, 0.5) is 5.82 Å². The van der Waals surface area contributed by atoms with E-state index in [1.165, 1.54) is 0 Å². The van der Waals surface area contributed by atoms with Gasteiger partial charge >= 0.3 is 0 Å². The third-order valence-corrected chi connectivity index (χ3v) is 4.25. The number of pyridine rings is 2. The summed E-state index contributed by atoms with van der Waals surface area (Å²) >= 11 is 3.51. The van der Waals surface area contributed by atoms with Crippen molar-refractivity contribution in [1.29, 1.82) is 0 Å². The Morgan fingerprint density at radius 3 is 2.71 bits per heavy atom. The van der Waals surface area contributed by atoms with E-state index in [9.17, 15) is 5.11 Å². The van der Waals surface area contributed by atoms with Gasteiger partial charge in [0, 0.05) is 33.4 Å². The topological polar surface area (TPSA) is 72.0 Å². The Balaban J connectivity index is 2.23. The molecular formula is C16H14BrN3O. The van der Waals surface area contributed by atoms with Crippen molar-refractivity contribution in [1.82, 2.24) is 9.97 Å². The lowest BCUT2D eigenvalue weighted by Crippen LogP contribution is -2.08. The summed E-state index contributed by atoms with van der Waals surface area (Å²) in [5, 5.41) is 11.7. The number of nitrogens with two attached hydrogens (primary N) is 1. The molecule has 4 nitrogen and oxygen atoms in total. The number of rotatable bonds is 2. The number of benzene rings is 1. The summed E-state index contributed by atoms with van der Waals surface area (Å²) in [5.41, 5.74) is 8.94. The predicted molar refractivity (Wildman–Crippen MR) is 86.9 cm³/mol. The Morgan fingerprint density at radius 2 is 1.95 bits per heavy atom. The van der Waals surface area contributed by atoms with E-state index in [2.05, 4.69) is 25.9 Å². The van der Waals surface area contributed by atoms with E-state index in [1.807, 2.05) is 37.3 Å². The Morgan fingerprint density at radius 1 is 1.14 bits per heavy atom. The van der Waals surface area contributed by atoms with Gasteiger partial charge in [0.25, 0.3) is 0 Å². The number of nitrogens with zero attached hydrogens (tertiary/aromatic N) is 2. The lowest BCUT2D eigenvalue weighted by Gasteiger charge is -2.17. The molecule has 2 heterocycles. The molecule has 0 fully saturated rings. The average molecular weight is 344 g/mol. The van der Waals surface area contributed by atoms with Gasteiger partial charge in [-0.3, -0.25) is 4.98 Å². The van der Waals surface area contributed by atoms with Gasteiger partial charge in [-0.25, -0.2) is 4.98 Å². The average Bonchev–Trinajstić information content (AvgIpc) is 2.47. The van der Waals surface area contributed by atoms with Crippen molar-refractivity contribution in [2.75, 3.05) is 5.73 Å². The molecule has 1 aromatic carbocycles. The van der Waals surface area contributed by atoms with Gasteiger partial charge in [-0.05, 0) is 30.7 Å². The third-order valence-electron chi connectivity index (χ3n) is 3.55. The van der Waals surface area contributed by atoms with E-state index in [0.717, 1.165) is 26.5 Å². The molecule has 0 aliphatic carbocycles. The zero-order valence-corrected chi connectivity index (χ0v) is 13.0. The Hall–Kier alpha value is -1.98. The third kappa shape index (κ3) is 2.39. The Labute approximate surface area is 130 Å². The maximum Gasteiger partial charge on any atom is 0.129 e. The first-order chi connectivity index (χ1) is 10.1. The number of halogens is 1. The molecular weight excluding hydrogens is 330 g/mol. The van der Waals surface area contributed by atoms with Crippen LogP contribution in [0.5, 0.6) is 0 Å². The lowest BCUT2D eigenvalue weighted by molar-refractivity contribution is 0.221. The summed E-state index contributed by atoms with van der Waals surface area (Å²) in [6.45, 7) is 1.91. The van der Waals surface area contributed by atoms with E-state index < -0.39 is 6.10 Å². The smallest absolute Gasteiger partial charge is 0.129 e. The van der Waals surface area contributed by atoms with Crippen LogP contribution in [0.25, 0.3) is 10.9 Å².